The maximum atomic E-state index is 12.5. The molecular formula is C18H15N3O4. The van der Waals surface area contributed by atoms with Crippen molar-refractivity contribution in [2.75, 3.05) is 22.6 Å². The molecule has 25 heavy (non-hydrogen) atoms. The number of ether oxygens (including phenoxy) is 1. The lowest BCUT2D eigenvalue weighted by molar-refractivity contribution is -0.118. The zero-order chi connectivity index (χ0) is 17.4. The van der Waals surface area contributed by atoms with Crippen LogP contribution in [0, 0.1) is 0 Å². The topological polar surface area (TPSA) is 96.5 Å². The molecule has 0 atom stereocenters. The van der Waals surface area contributed by atoms with Crippen molar-refractivity contribution in [2.24, 2.45) is 0 Å². The Hall–Kier alpha value is -3.35. The van der Waals surface area contributed by atoms with E-state index in [2.05, 4.69) is 16.0 Å². The molecule has 0 spiro atoms. The molecule has 0 aliphatic carbocycles. The third-order valence-electron chi connectivity index (χ3n) is 4.13. The van der Waals surface area contributed by atoms with Gasteiger partial charge < -0.3 is 20.7 Å². The third kappa shape index (κ3) is 3.03. The Balaban J connectivity index is 1.53. The molecule has 0 fully saturated rings. The number of hydrogen-bond donors (Lipinski definition) is 3. The molecule has 0 aromatic heterocycles. The van der Waals surface area contributed by atoms with E-state index in [1.807, 2.05) is 0 Å². The molecule has 0 saturated carbocycles. The van der Waals surface area contributed by atoms with Crippen LogP contribution in [-0.2, 0) is 16.0 Å². The highest BCUT2D eigenvalue weighted by atomic mass is 16.5. The molecule has 7 nitrogen and oxygen atoms in total. The monoisotopic (exact) mass is 337 g/mol. The maximum absolute atomic E-state index is 12.5. The summed E-state index contributed by atoms with van der Waals surface area (Å²) in [4.78, 5) is 35.3. The Morgan fingerprint density at radius 2 is 1.80 bits per heavy atom. The Labute approximate surface area is 143 Å². The fourth-order valence-corrected chi connectivity index (χ4v) is 2.89. The van der Waals surface area contributed by atoms with Crippen molar-refractivity contribution in [2.45, 2.75) is 12.8 Å². The second-order valence-corrected chi connectivity index (χ2v) is 5.92. The second kappa shape index (κ2) is 5.94. The Morgan fingerprint density at radius 3 is 2.68 bits per heavy atom. The van der Waals surface area contributed by atoms with Crippen LogP contribution < -0.4 is 20.7 Å². The first-order valence-electron chi connectivity index (χ1n) is 7.89. The lowest BCUT2D eigenvalue weighted by Crippen LogP contribution is -2.25. The first-order valence-corrected chi connectivity index (χ1v) is 7.89. The average Bonchev–Trinajstić information content (AvgIpc) is 2.60. The molecule has 4 rings (SSSR count). The minimum Gasteiger partial charge on any atom is -0.482 e. The van der Waals surface area contributed by atoms with E-state index in [1.165, 1.54) is 0 Å². The second-order valence-electron chi connectivity index (χ2n) is 5.92. The number of nitrogens with one attached hydrogen (secondary N) is 3. The summed E-state index contributed by atoms with van der Waals surface area (Å²) in [6.07, 6.45) is 1.03. The number of rotatable bonds is 2. The quantitative estimate of drug-likeness (QED) is 0.782. The molecule has 2 aliphatic rings. The van der Waals surface area contributed by atoms with E-state index in [9.17, 15) is 14.4 Å². The number of aryl methyl sites for hydroxylation is 1. The summed E-state index contributed by atoms with van der Waals surface area (Å²) in [7, 11) is 0. The molecule has 2 aromatic rings. The predicted octanol–water partition coefficient (Wildman–Crippen LogP) is 2.15. The molecule has 2 aromatic carbocycles. The highest BCUT2D eigenvalue weighted by Crippen LogP contribution is 2.31. The van der Waals surface area contributed by atoms with E-state index in [0.717, 1.165) is 11.3 Å². The molecule has 7 heteroatoms. The van der Waals surface area contributed by atoms with Gasteiger partial charge in [-0.2, -0.15) is 0 Å². The minimum atomic E-state index is -0.261. The number of fused-ring (bicyclic) bond motifs is 2. The molecule has 3 amide bonds. The molecule has 0 unspecified atom stereocenters. The molecule has 3 N–H and O–H groups in total. The molecule has 0 saturated heterocycles. The van der Waals surface area contributed by atoms with Gasteiger partial charge in [-0.25, -0.2) is 0 Å². The number of amides is 3. The Bertz CT molecular complexity index is 907. The standard InChI is InChI=1S/C18H15N3O4/c22-16-6-2-10-7-11(1-4-13(10)20-16)18(24)19-12-3-5-15-14(8-12)21-17(23)9-25-15/h1,3-5,7-8H,2,6,9H2,(H,19,24)(H,20,22)(H,21,23). The van der Waals surface area contributed by atoms with E-state index in [4.69, 9.17) is 4.74 Å². The van der Waals surface area contributed by atoms with E-state index < -0.39 is 0 Å². The zero-order valence-electron chi connectivity index (χ0n) is 13.2. The van der Waals surface area contributed by atoms with Crippen molar-refractivity contribution < 1.29 is 19.1 Å². The lowest BCUT2D eigenvalue weighted by Gasteiger charge is -2.19. The van der Waals surface area contributed by atoms with Crippen LogP contribution >= 0.6 is 0 Å². The third-order valence-corrected chi connectivity index (χ3v) is 4.13. The molecular weight excluding hydrogens is 322 g/mol. The summed E-state index contributed by atoms with van der Waals surface area (Å²) in [5.41, 5.74) is 3.29. The van der Waals surface area contributed by atoms with Crippen LogP contribution in [0.25, 0.3) is 0 Å². The number of benzene rings is 2. The van der Waals surface area contributed by atoms with E-state index >= 15 is 0 Å². The van der Waals surface area contributed by atoms with Gasteiger partial charge in [-0.15, -0.1) is 0 Å². The summed E-state index contributed by atoms with van der Waals surface area (Å²) in [5.74, 6) is 0.0700. The highest BCUT2D eigenvalue weighted by molar-refractivity contribution is 6.06. The van der Waals surface area contributed by atoms with Crippen LogP contribution in [0.3, 0.4) is 0 Å². The molecule has 2 aliphatic heterocycles. The fourth-order valence-electron chi connectivity index (χ4n) is 2.89. The van der Waals surface area contributed by atoms with Gasteiger partial charge in [0.1, 0.15) is 5.75 Å². The van der Waals surface area contributed by atoms with Crippen molar-refractivity contribution in [3.8, 4) is 5.75 Å². The van der Waals surface area contributed by atoms with Crippen LogP contribution in [-0.4, -0.2) is 24.3 Å². The smallest absolute Gasteiger partial charge is 0.262 e. The largest absolute Gasteiger partial charge is 0.482 e. The maximum Gasteiger partial charge on any atom is 0.262 e. The summed E-state index contributed by atoms with van der Waals surface area (Å²) in [6.45, 7) is -0.00955. The van der Waals surface area contributed by atoms with Gasteiger partial charge in [0, 0.05) is 23.4 Å². The SMILES string of the molecule is O=C1CCc2cc(C(=O)Nc3ccc4c(c3)NC(=O)CO4)ccc2N1. The van der Waals surface area contributed by atoms with Crippen LogP contribution in [0.1, 0.15) is 22.3 Å². The number of anilines is 3. The minimum absolute atomic E-state index is 0.00955. The van der Waals surface area contributed by atoms with Crippen LogP contribution in [0.15, 0.2) is 36.4 Å². The van der Waals surface area contributed by atoms with Crippen LogP contribution in [0.5, 0.6) is 5.75 Å². The van der Waals surface area contributed by atoms with Gasteiger partial charge in [0.25, 0.3) is 11.8 Å². The van der Waals surface area contributed by atoms with Crippen molar-refractivity contribution >= 4 is 34.8 Å². The molecule has 126 valence electrons. The summed E-state index contributed by atoms with van der Waals surface area (Å²) < 4.78 is 5.29. The molecule has 0 bridgehead atoms. The van der Waals surface area contributed by atoms with Crippen LogP contribution in [0.4, 0.5) is 17.1 Å². The van der Waals surface area contributed by atoms with Gasteiger partial charge in [-0.05, 0) is 48.4 Å². The van der Waals surface area contributed by atoms with E-state index in [1.54, 1.807) is 36.4 Å². The number of hydrogen-bond acceptors (Lipinski definition) is 4. The average molecular weight is 337 g/mol. The molecule has 2 heterocycles. The Morgan fingerprint density at radius 1 is 0.960 bits per heavy atom. The molecule has 0 radical (unpaired) electrons. The van der Waals surface area contributed by atoms with E-state index in [0.29, 0.717) is 35.5 Å². The fraction of sp³-hybridized carbons (Fsp3) is 0.167. The number of carbonyl (C=O) groups is 3. The van der Waals surface area contributed by atoms with Gasteiger partial charge in [0.2, 0.25) is 5.91 Å². The van der Waals surface area contributed by atoms with Crippen LogP contribution in [0.2, 0.25) is 0 Å². The van der Waals surface area contributed by atoms with Gasteiger partial charge in [0.15, 0.2) is 6.61 Å². The normalized spacial score (nSPS) is 15.2. The summed E-state index contributed by atoms with van der Waals surface area (Å²) in [5, 5.41) is 8.30. The first kappa shape index (κ1) is 15.2. The highest BCUT2D eigenvalue weighted by Gasteiger charge is 2.18. The van der Waals surface area contributed by atoms with Gasteiger partial charge >= 0.3 is 0 Å². The van der Waals surface area contributed by atoms with Gasteiger partial charge in [0.05, 0.1) is 5.69 Å². The first-order chi connectivity index (χ1) is 12.1. The lowest BCUT2D eigenvalue weighted by atomic mass is 10.00. The van der Waals surface area contributed by atoms with Crippen molar-refractivity contribution in [3.63, 3.8) is 0 Å². The van der Waals surface area contributed by atoms with Crippen molar-refractivity contribution in [3.05, 3.63) is 47.5 Å². The van der Waals surface area contributed by atoms with Crippen molar-refractivity contribution in [1.82, 2.24) is 0 Å². The summed E-state index contributed by atoms with van der Waals surface area (Å²) in [6, 6.07) is 10.3. The zero-order valence-corrected chi connectivity index (χ0v) is 13.2. The van der Waals surface area contributed by atoms with Gasteiger partial charge in [-0.3, -0.25) is 14.4 Å². The predicted molar refractivity (Wildman–Crippen MR) is 91.9 cm³/mol. The summed E-state index contributed by atoms with van der Waals surface area (Å²) >= 11 is 0. The number of carbonyl (C=O) groups excluding carboxylic acids is 3. The van der Waals surface area contributed by atoms with Crippen molar-refractivity contribution in [1.29, 1.82) is 0 Å². The Kier molecular flexibility index (Phi) is 3.61. The van der Waals surface area contributed by atoms with E-state index in [-0.39, 0.29) is 24.3 Å². The van der Waals surface area contributed by atoms with Gasteiger partial charge in [-0.1, -0.05) is 0 Å².